The number of aliphatic hydroxyl groups is 1. The molecule has 1 saturated heterocycles. The lowest BCUT2D eigenvalue weighted by atomic mass is 10.2. The van der Waals surface area contributed by atoms with Crippen LogP contribution in [0.4, 0.5) is 0 Å². The summed E-state index contributed by atoms with van der Waals surface area (Å²) in [7, 11) is 0. The van der Waals surface area contributed by atoms with E-state index in [1.807, 2.05) is 0 Å². The molecule has 80 valence electrons. The van der Waals surface area contributed by atoms with E-state index in [-0.39, 0.29) is 12.2 Å². The Bertz CT molecular complexity index is 246. The van der Waals surface area contributed by atoms with Crippen LogP contribution in [0.25, 0.3) is 0 Å². The summed E-state index contributed by atoms with van der Waals surface area (Å²) in [6.45, 7) is 0. The normalized spacial score (nSPS) is 28.6. The van der Waals surface area contributed by atoms with Crippen LogP contribution in [-0.2, 0) is 14.3 Å². The van der Waals surface area contributed by atoms with Crippen LogP contribution in [0.5, 0.6) is 0 Å². The summed E-state index contributed by atoms with van der Waals surface area (Å²) >= 11 is 3.83. The minimum Gasteiger partial charge on any atom is -0.480 e. The molecule has 0 saturated carbocycles. The number of hydrogen-bond donors (Lipinski definition) is 4. The molecule has 0 spiro atoms. The first-order valence-corrected chi connectivity index (χ1v) is 4.65. The van der Waals surface area contributed by atoms with E-state index < -0.39 is 30.3 Å². The van der Waals surface area contributed by atoms with Crippen LogP contribution >= 0.6 is 12.6 Å². The summed E-state index contributed by atoms with van der Waals surface area (Å²) in [6.07, 6.45) is -1.30. The van der Waals surface area contributed by atoms with Gasteiger partial charge in [-0.3, -0.25) is 14.9 Å². The number of aliphatic carboxylic acids is 1. The third-order valence-corrected chi connectivity index (χ3v) is 2.24. The van der Waals surface area contributed by atoms with Crippen LogP contribution in [0, 0.1) is 0 Å². The van der Waals surface area contributed by atoms with Crippen molar-refractivity contribution in [3.63, 3.8) is 0 Å². The smallest absolute Gasteiger partial charge is 0.321 e. The molecule has 2 unspecified atom stereocenters. The topological polar surface area (TPSA) is 95.9 Å². The van der Waals surface area contributed by atoms with Gasteiger partial charge in [0.05, 0.1) is 12.5 Å². The highest BCUT2D eigenvalue weighted by Gasteiger charge is 2.35. The Morgan fingerprint density at radius 3 is 2.79 bits per heavy atom. The van der Waals surface area contributed by atoms with Gasteiger partial charge >= 0.3 is 11.9 Å². The zero-order valence-electron chi connectivity index (χ0n) is 7.21. The van der Waals surface area contributed by atoms with E-state index in [1.165, 1.54) is 0 Å². The Labute approximate surface area is 85.7 Å². The standard InChI is InChI=1S/C7H11NO5S/c9-5-1-3(7(12)13-5)8-4(2-14)6(10)11/h3-4,7-8,12,14H,1-2H2,(H,10,11)/t3?,4-,7?/m0/s1. The van der Waals surface area contributed by atoms with E-state index >= 15 is 0 Å². The number of hydrogen-bond acceptors (Lipinski definition) is 6. The van der Waals surface area contributed by atoms with E-state index in [2.05, 4.69) is 22.7 Å². The maximum Gasteiger partial charge on any atom is 0.321 e. The van der Waals surface area contributed by atoms with E-state index in [0.717, 1.165) is 0 Å². The molecule has 1 aliphatic heterocycles. The molecule has 0 radical (unpaired) electrons. The molecule has 0 aliphatic carbocycles. The molecular formula is C7H11NO5S. The minimum absolute atomic E-state index is 0.0290. The van der Waals surface area contributed by atoms with Crippen LogP contribution in [0.15, 0.2) is 0 Å². The Hall–Kier alpha value is -0.790. The number of rotatable bonds is 4. The van der Waals surface area contributed by atoms with Gasteiger partial charge in [-0.1, -0.05) is 0 Å². The van der Waals surface area contributed by atoms with Crippen LogP contribution in [0.1, 0.15) is 6.42 Å². The second-order valence-electron chi connectivity index (χ2n) is 2.93. The molecule has 1 heterocycles. The molecule has 1 fully saturated rings. The number of cyclic esters (lactones) is 1. The van der Waals surface area contributed by atoms with Crippen LogP contribution < -0.4 is 5.32 Å². The Kier molecular flexibility index (Phi) is 3.73. The largest absolute Gasteiger partial charge is 0.480 e. The number of carbonyl (C=O) groups is 2. The fourth-order valence-electron chi connectivity index (χ4n) is 1.15. The van der Waals surface area contributed by atoms with Gasteiger partial charge in [-0.25, -0.2) is 0 Å². The van der Waals surface area contributed by atoms with E-state index in [0.29, 0.717) is 0 Å². The predicted octanol–water partition coefficient (Wildman–Crippen LogP) is -1.41. The lowest BCUT2D eigenvalue weighted by Crippen LogP contribution is -2.47. The highest BCUT2D eigenvalue weighted by Crippen LogP contribution is 2.13. The Morgan fingerprint density at radius 1 is 1.79 bits per heavy atom. The van der Waals surface area contributed by atoms with Crippen LogP contribution in [-0.4, -0.2) is 46.3 Å². The van der Waals surface area contributed by atoms with Gasteiger partial charge in [0.25, 0.3) is 0 Å². The van der Waals surface area contributed by atoms with E-state index in [4.69, 9.17) is 10.2 Å². The third kappa shape index (κ3) is 2.60. The zero-order valence-corrected chi connectivity index (χ0v) is 8.11. The Morgan fingerprint density at radius 2 is 2.43 bits per heavy atom. The van der Waals surface area contributed by atoms with Crippen molar-refractivity contribution in [1.29, 1.82) is 0 Å². The molecular weight excluding hydrogens is 210 g/mol. The maximum atomic E-state index is 10.7. The van der Waals surface area contributed by atoms with Crippen molar-refractivity contribution < 1.29 is 24.5 Å². The molecule has 0 aromatic heterocycles. The van der Waals surface area contributed by atoms with Gasteiger partial charge in [0.2, 0.25) is 6.29 Å². The molecule has 1 aliphatic rings. The number of thiol groups is 1. The predicted molar refractivity (Wildman–Crippen MR) is 48.9 cm³/mol. The molecule has 0 bridgehead atoms. The Balaban J connectivity index is 2.50. The van der Waals surface area contributed by atoms with Gasteiger partial charge in [0.1, 0.15) is 6.04 Å². The fraction of sp³-hybridized carbons (Fsp3) is 0.714. The summed E-state index contributed by atoms with van der Waals surface area (Å²) < 4.78 is 4.44. The molecule has 6 nitrogen and oxygen atoms in total. The summed E-state index contributed by atoms with van der Waals surface area (Å²) in [5.74, 6) is -1.54. The van der Waals surface area contributed by atoms with Gasteiger partial charge < -0.3 is 14.9 Å². The van der Waals surface area contributed by atoms with Crippen molar-refractivity contribution in [2.45, 2.75) is 24.8 Å². The second kappa shape index (κ2) is 4.63. The number of aliphatic hydroxyl groups excluding tert-OH is 1. The molecule has 14 heavy (non-hydrogen) atoms. The van der Waals surface area contributed by atoms with E-state index in [1.54, 1.807) is 0 Å². The first-order valence-electron chi connectivity index (χ1n) is 4.02. The van der Waals surface area contributed by atoms with Crippen molar-refractivity contribution in [2.75, 3.05) is 5.75 Å². The van der Waals surface area contributed by atoms with Crippen molar-refractivity contribution in [3.8, 4) is 0 Å². The lowest BCUT2D eigenvalue weighted by molar-refractivity contribution is -0.154. The number of ether oxygens (including phenoxy) is 1. The molecule has 0 aromatic carbocycles. The SMILES string of the molecule is O=C1CC(N[C@@H](CS)C(=O)O)C(O)O1. The number of carboxylic acid groups (broad SMARTS) is 1. The zero-order chi connectivity index (χ0) is 10.7. The fourth-order valence-corrected chi connectivity index (χ4v) is 1.41. The number of nitrogens with one attached hydrogen (secondary N) is 1. The van der Waals surface area contributed by atoms with Crippen molar-refractivity contribution in [3.05, 3.63) is 0 Å². The van der Waals surface area contributed by atoms with Crippen LogP contribution in [0.3, 0.4) is 0 Å². The summed E-state index contributed by atoms with van der Waals surface area (Å²) in [5, 5.41) is 20.4. The van der Waals surface area contributed by atoms with Crippen LogP contribution in [0.2, 0.25) is 0 Å². The monoisotopic (exact) mass is 221 g/mol. The van der Waals surface area contributed by atoms with Gasteiger partial charge in [-0.05, 0) is 0 Å². The highest BCUT2D eigenvalue weighted by atomic mass is 32.1. The summed E-state index contributed by atoms with van der Waals surface area (Å²) in [6, 6.07) is -1.57. The summed E-state index contributed by atoms with van der Waals surface area (Å²) in [4.78, 5) is 21.3. The van der Waals surface area contributed by atoms with Crippen molar-refractivity contribution in [2.24, 2.45) is 0 Å². The van der Waals surface area contributed by atoms with Gasteiger partial charge in [0, 0.05) is 5.75 Å². The number of esters is 1. The van der Waals surface area contributed by atoms with E-state index in [9.17, 15) is 9.59 Å². The highest BCUT2D eigenvalue weighted by molar-refractivity contribution is 7.80. The minimum atomic E-state index is -1.27. The van der Waals surface area contributed by atoms with Gasteiger partial charge in [-0.2, -0.15) is 12.6 Å². The number of carbonyl (C=O) groups excluding carboxylic acids is 1. The van der Waals surface area contributed by atoms with Gasteiger partial charge in [-0.15, -0.1) is 0 Å². The van der Waals surface area contributed by atoms with Crippen molar-refractivity contribution in [1.82, 2.24) is 5.32 Å². The van der Waals surface area contributed by atoms with Gasteiger partial charge in [0.15, 0.2) is 0 Å². The second-order valence-corrected chi connectivity index (χ2v) is 3.30. The lowest BCUT2D eigenvalue weighted by Gasteiger charge is -2.18. The molecule has 7 heteroatoms. The first-order chi connectivity index (χ1) is 6.54. The van der Waals surface area contributed by atoms with Crippen molar-refractivity contribution >= 4 is 24.6 Å². The maximum absolute atomic E-state index is 10.7. The first kappa shape index (κ1) is 11.3. The molecule has 3 atom stereocenters. The third-order valence-electron chi connectivity index (χ3n) is 1.88. The average Bonchev–Trinajstić information content (AvgIpc) is 2.40. The molecule has 3 N–H and O–H groups in total. The quantitative estimate of drug-likeness (QED) is 0.344. The molecule has 1 rings (SSSR count). The summed E-state index contributed by atoms with van der Waals surface area (Å²) in [5.41, 5.74) is 0. The molecule has 0 amide bonds. The average molecular weight is 221 g/mol. The molecule has 0 aromatic rings. The number of carboxylic acids is 1.